The zero-order valence-electron chi connectivity index (χ0n) is 10.5. The van der Waals surface area contributed by atoms with E-state index in [1.165, 1.54) is 25.4 Å². The minimum absolute atomic E-state index is 0.253. The monoisotopic (exact) mass is 311 g/mol. The number of halogens is 1. The van der Waals surface area contributed by atoms with Gasteiger partial charge >= 0.3 is 5.97 Å². The Balaban J connectivity index is 1.92. The third kappa shape index (κ3) is 3.55. The standard InChI is InChI=1S/C13H10ClNO4S/c1-18-12-5-2-8(6-15-12)13(17)19-7-9(16)10-3-4-11(14)20-10/h2-6H,7H2,1H3. The fourth-order valence-electron chi connectivity index (χ4n) is 1.37. The van der Waals surface area contributed by atoms with Gasteiger partial charge in [0.05, 0.1) is 21.9 Å². The molecule has 0 atom stereocenters. The molecule has 2 rings (SSSR count). The Kier molecular flexibility index (Phi) is 4.70. The first kappa shape index (κ1) is 14.5. The van der Waals surface area contributed by atoms with Crippen LogP contribution in [-0.4, -0.2) is 30.5 Å². The van der Waals surface area contributed by atoms with Gasteiger partial charge < -0.3 is 9.47 Å². The Bertz CT molecular complexity index is 624. The first-order valence-corrected chi connectivity index (χ1v) is 6.75. The smallest absolute Gasteiger partial charge is 0.340 e. The minimum Gasteiger partial charge on any atom is -0.481 e. The van der Waals surface area contributed by atoms with Gasteiger partial charge in [0.1, 0.15) is 0 Å². The van der Waals surface area contributed by atoms with Crippen LogP contribution in [0.3, 0.4) is 0 Å². The summed E-state index contributed by atoms with van der Waals surface area (Å²) in [6.07, 6.45) is 1.33. The number of hydrogen-bond acceptors (Lipinski definition) is 6. The van der Waals surface area contributed by atoms with Crippen LogP contribution in [0.4, 0.5) is 0 Å². The molecule has 0 unspecified atom stereocenters. The van der Waals surface area contributed by atoms with Gasteiger partial charge in [-0.2, -0.15) is 0 Å². The van der Waals surface area contributed by atoms with Crippen molar-refractivity contribution in [2.75, 3.05) is 13.7 Å². The van der Waals surface area contributed by atoms with Crippen molar-refractivity contribution in [2.45, 2.75) is 0 Å². The molecule has 0 bridgehead atoms. The molecule has 7 heteroatoms. The molecule has 0 saturated carbocycles. The summed E-state index contributed by atoms with van der Waals surface area (Å²) in [5, 5.41) is 0. The Hall–Kier alpha value is -1.92. The van der Waals surface area contributed by atoms with E-state index in [4.69, 9.17) is 21.1 Å². The minimum atomic E-state index is -0.615. The number of nitrogens with zero attached hydrogens (tertiary/aromatic N) is 1. The molecule has 5 nitrogen and oxygen atoms in total. The van der Waals surface area contributed by atoms with Crippen LogP contribution in [0.15, 0.2) is 30.5 Å². The van der Waals surface area contributed by atoms with Crippen molar-refractivity contribution in [3.8, 4) is 5.88 Å². The quantitative estimate of drug-likeness (QED) is 0.627. The van der Waals surface area contributed by atoms with Crippen molar-refractivity contribution in [3.63, 3.8) is 0 Å². The third-order valence-corrected chi connectivity index (χ3v) is 3.64. The molecule has 2 heterocycles. The molecule has 2 aromatic rings. The van der Waals surface area contributed by atoms with E-state index in [1.54, 1.807) is 12.1 Å². The summed E-state index contributed by atoms with van der Waals surface area (Å²) in [6.45, 7) is -0.332. The molecule has 0 aliphatic carbocycles. The highest BCUT2D eigenvalue weighted by Gasteiger charge is 2.13. The predicted molar refractivity (Wildman–Crippen MR) is 74.7 cm³/mol. The van der Waals surface area contributed by atoms with Gasteiger partial charge in [-0.1, -0.05) is 11.6 Å². The maximum atomic E-state index is 11.7. The Labute approximate surface area is 124 Å². The highest BCUT2D eigenvalue weighted by atomic mass is 35.5. The van der Waals surface area contributed by atoms with E-state index < -0.39 is 5.97 Å². The average molecular weight is 312 g/mol. The normalized spacial score (nSPS) is 10.1. The topological polar surface area (TPSA) is 65.5 Å². The number of ketones is 1. The largest absolute Gasteiger partial charge is 0.481 e. The van der Waals surface area contributed by atoms with Gasteiger partial charge in [0.15, 0.2) is 6.61 Å². The van der Waals surface area contributed by atoms with Crippen molar-refractivity contribution >= 4 is 34.7 Å². The number of hydrogen-bond donors (Lipinski definition) is 0. The maximum absolute atomic E-state index is 11.7. The fourth-order valence-corrected chi connectivity index (χ4v) is 2.34. The number of thiophene rings is 1. The molecule has 0 radical (unpaired) electrons. The van der Waals surface area contributed by atoms with Crippen molar-refractivity contribution in [2.24, 2.45) is 0 Å². The van der Waals surface area contributed by atoms with Crippen LogP contribution in [0.25, 0.3) is 0 Å². The fraction of sp³-hybridized carbons (Fsp3) is 0.154. The number of carbonyl (C=O) groups is 2. The molecular formula is C13H10ClNO4S. The lowest BCUT2D eigenvalue weighted by Gasteiger charge is -2.03. The molecule has 0 spiro atoms. The number of esters is 1. The van der Waals surface area contributed by atoms with Crippen LogP contribution in [-0.2, 0) is 4.74 Å². The van der Waals surface area contributed by atoms with Crippen molar-refractivity contribution < 1.29 is 19.1 Å². The molecule has 104 valence electrons. The number of ether oxygens (including phenoxy) is 2. The van der Waals surface area contributed by atoms with Crippen molar-refractivity contribution in [3.05, 3.63) is 45.2 Å². The highest BCUT2D eigenvalue weighted by molar-refractivity contribution is 7.18. The van der Waals surface area contributed by atoms with Gasteiger partial charge in [-0.3, -0.25) is 4.79 Å². The highest BCUT2D eigenvalue weighted by Crippen LogP contribution is 2.21. The lowest BCUT2D eigenvalue weighted by Crippen LogP contribution is -2.13. The summed E-state index contributed by atoms with van der Waals surface area (Å²) in [5.74, 6) is -0.515. The van der Waals surface area contributed by atoms with Crippen LogP contribution in [0.2, 0.25) is 4.34 Å². The molecule has 2 aromatic heterocycles. The second kappa shape index (κ2) is 6.49. The molecule has 0 aliphatic rings. The molecule has 0 N–H and O–H groups in total. The van der Waals surface area contributed by atoms with Crippen LogP contribution >= 0.6 is 22.9 Å². The van der Waals surface area contributed by atoms with Crippen LogP contribution in [0, 0.1) is 0 Å². The second-order valence-electron chi connectivity index (χ2n) is 3.69. The average Bonchev–Trinajstić information content (AvgIpc) is 2.91. The predicted octanol–water partition coefficient (Wildman–Crippen LogP) is 2.84. The molecular weight excluding hydrogens is 302 g/mol. The number of aromatic nitrogens is 1. The van der Waals surface area contributed by atoms with Gasteiger partial charge in [-0.05, 0) is 18.2 Å². The SMILES string of the molecule is COc1ccc(C(=O)OCC(=O)c2ccc(Cl)s2)cn1. The molecule has 0 saturated heterocycles. The molecule has 0 aliphatic heterocycles. The van der Waals surface area contributed by atoms with Gasteiger partial charge in [0, 0.05) is 12.3 Å². The Morgan fingerprint density at radius 1 is 1.30 bits per heavy atom. The van der Waals surface area contributed by atoms with Crippen LogP contribution in [0.5, 0.6) is 5.88 Å². The molecule has 0 aromatic carbocycles. The molecule has 0 amide bonds. The van der Waals surface area contributed by atoms with E-state index in [9.17, 15) is 9.59 Å². The first-order valence-electron chi connectivity index (χ1n) is 5.56. The Morgan fingerprint density at radius 3 is 2.65 bits per heavy atom. The number of Topliss-reactive ketones (excluding diaryl/α,β-unsaturated/α-hetero) is 1. The van der Waals surface area contributed by atoms with Gasteiger partial charge in [0.25, 0.3) is 0 Å². The van der Waals surface area contributed by atoms with E-state index >= 15 is 0 Å². The van der Waals surface area contributed by atoms with Gasteiger partial charge in [0.2, 0.25) is 11.7 Å². The summed E-state index contributed by atoms with van der Waals surface area (Å²) in [7, 11) is 1.48. The summed E-state index contributed by atoms with van der Waals surface area (Å²) in [4.78, 5) is 27.8. The lowest BCUT2D eigenvalue weighted by molar-refractivity contribution is 0.0475. The van der Waals surface area contributed by atoms with Gasteiger partial charge in [-0.15, -0.1) is 11.3 Å². The number of rotatable bonds is 5. The molecule has 20 heavy (non-hydrogen) atoms. The van der Waals surface area contributed by atoms with Crippen molar-refractivity contribution in [1.82, 2.24) is 4.98 Å². The second-order valence-corrected chi connectivity index (χ2v) is 5.41. The third-order valence-electron chi connectivity index (χ3n) is 2.36. The zero-order valence-corrected chi connectivity index (χ0v) is 12.0. The van der Waals surface area contributed by atoms with E-state index in [2.05, 4.69) is 4.98 Å². The van der Waals surface area contributed by atoms with E-state index in [-0.39, 0.29) is 18.0 Å². The lowest BCUT2D eigenvalue weighted by atomic mass is 10.3. The molecule has 0 fully saturated rings. The zero-order chi connectivity index (χ0) is 14.5. The number of methoxy groups -OCH3 is 1. The summed E-state index contributed by atoms with van der Waals surface area (Å²) < 4.78 is 10.3. The summed E-state index contributed by atoms with van der Waals surface area (Å²) >= 11 is 6.87. The van der Waals surface area contributed by atoms with Gasteiger partial charge in [-0.25, -0.2) is 9.78 Å². The van der Waals surface area contributed by atoms with Crippen molar-refractivity contribution in [1.29, 1.82) is 0 Å². The number of pyridine rings is 1. The van der Waals surface area contributed by atoms with E-state index in [0.717, 1.165) is 11.3 Å². The van der Waals surface area contributed by atoms with Crippen LogP contribution < -0.4 is 4.74 Å². The summed E-state index contributed by atoms with van der Waals surface area (Å²) in [6, 6.07) is 6.27. The number of carbonyl (C=O) groups excluding carboxylic acids is 2. The summed E-state index contributed by atoms with van der Waals surface area (Å²) in [5.41, 5.74) is 0.253. The Morgan fingerprint density at radius 2 is 2.10 bits per heavy atom. The van der Waals surface area contributed by atoms with E-state index in [1.807, 2.05) is 0 Å². The van der Waals surface area contributed by atoms with E-state index in [0.29, 0.717) is 15.1 Å². The first-order chi connectivity index (χ1) is 9.60. The van der Waals surface area contributed by atoms with Crippen LogP contribution in [0.1, 0.15) is 20.0 Å². The maximum Gasteiger partial charge on any atom is 0.340 e.